The molecule has 7 aromatic heterocycles. The zero-order valence-electron chi connectivity index (χ0n) is 78.3. The number of nitrogens with zero attached hydrogens (tertiary/aromatic N) is 16. The summed E-state index contributed by atoms with van der Waals surface area (Å²) >= 11 is 1.66. The molecule has 0 fully saturated rings. The third-order valence-corrected chi connectivity index (χ3v) is 26.9. The lowest BCUT2D eigenvalue weighted by atomic mass is 10.0. The van der Waals surface area contributed by atoms with Crippen molar-refractivity contribution in [2.75, 3.05) is 52.9 Å². The Morgan fingerprint density at radius 1 is 0.317 bits per heavy atom. The number of aryl methyl sites for hydroxylation is 5. The van der Waals surface area contributed by atoms with Gasteiger partial charge >= 0.3 is 0 Å². The van der Waals surface area contributed by atoms with Gasteiger partial charge in [-0.05, 0) is 219 Å². The Hall–Kier alpha value is -15.7. The molecule has 0 aliphatic carbocycles. The van der Waals surface area contributed by atoms with Crippen LogP contribution in [0.2, 0.25) is 0 Å². The Kier molecular flexibility index (Phi) is 28.8. The minimum atomic E-state index is -0.251. The minimum Gasteiger partial charge on any atom is -0.481 e. The maximum atomic E-state index is 13.9. The molecular weight excluding hydrogens is 1770 g/mol. The Morgan fingerprint density at radius 3 is 1.01 bits per heavy atom. The molecule has 4 aliphatic heterocycles. The molecule has 4 aliphatic rings. The third-order valence-electron chi connectivity index (χ3n) is 25.9. The highest BCUT2D eigenvalue weighted by atomic mass is 32.1. The van der Waals surface area contributed by atoms with Crippen molar-refractivity contribution in [1.29, 1.82) is 0 Å². The summed E-state index contributed by atoms with van der Waals surface area (Å²) < 4.78 is 67.6. The van der Waals surface area contributed by atoms with Crippen LogP contribution in [0.3, 0.4) is 0 Å². The molecule has 0 N–H and O–H groups in total. The van der Waals surface area contributed by atoms with Crippen LogP contribution in [0.5, 0.6) is 5.88 Å². The molecule has 0 saturated carbocycles. The van der Waals surface area contributed by atoms with Gasteiger partial charge in [0, 0.05) is 121 Å². The van der Waals surface area contributed by atoms with Crippen LogP contribution in [0.1, 0.15) is 71.5 Å². The predicted octanol–water partition coefficient (Wildman–Crippen LogP) is 20.8. The largest absolute Gasteiger partial charge is 0.481 e. The summed E-state index contributed by atoms with van der Waals surface area (Å²) in [5, 5.41) is 20.1. The van der Waals surface area contributed by atoms with E-state index in [1.165, 1.54) is 40.3 Å². The molecule has 0 unspecified atom stereocenters. The first-order valence-electron chi connectivity index (χ1n) is 46.8. The first-order chi connectivity index (χ1) is 67.6. The average Bonchev–Trinajstić information content (AvgIpc) is 1.69. The van der Waals surface area contributed by atoms with Crippen molar-refractivity contribution in [3.05, 3.63) is 386 Å². The van der Waals surface area contributed by atoms with Crippen molar-refractivity contribution in [3.63, 3.8) is 0 Å². The van der Waals surface area contributed by atoms with Gasteiger partial charge in [-0.1, -0.05) is 182 Å². The van der Waals surface area contributed by atoms with E-state index in [1.54, 1.807) is 120 Å². The van der Waals surface area contributed by atoms with Gasteiger partial charge in [0.15, 0.2) is 0 Å². The maximum Gasteiger partial charge on any atom is 0.244 e. The number of rotatable bonds is 18. The lowest BCUT2D eigenvalue weighted by Crippen LogP contribution is -2.37. The quantitative estimate of drug-likeness (QED) is 0.0732. The van der Waals surface area contributed by atoms with Crippen LogP contribution in [-0.2, 0) is 96.8 Å². The highest BCUT2D eigenvalue weighted by Crippen LogP contribution is 2.36. The number of amides is 4. The van der Waals surface area contributed by atoms with Gasteiger partial charge in [-0.2, -0.15) is 20.4 Å². The van der Waals surface area contributed by atoms with Gasteiger partial charge in [0.05, 0.1) is 75.6 Å². The Labute approximate surface area is 808 Å². The summed E-state index contributed by atoms with van der Waals surface area (Å²) in [7, 11) is 1.61. The second kappa shape index (κ2) is 42.7. The summed E-state index contributed by atoms with van der Waals surface area (Å²) in [6, 6.07) is 89.8. The number of benzene rings is 10. The summed E-state index contributed by atoms with van der Waals surface area (Å²) in [5.41, 5.74) is 25.8. The molecule has 10 aromatic carbocycles. The zero-order valence-corrected chi connectivity index (χ0v) is 79.1. The molecule has 0 saturated heterocycles. The Balaban J connectivity index is 0.000000123. The molecule has 21 rings (SSSR count). The maximum absolute atomic E-state index is 13.9. The van der Waals surface area contributed by atoms with Crippen molar-refractivity contribution < 1.29 is 41.5 Å². The number of hydrogen-bond acceptors (Lipinski definition) is 14. The van der Waals surface area contributed by atoms with Crippen LogP contribution in [0.4, 0.5) is 17.6 Å². The highest BCUT2D eigenvalue weighted by molar-refractivity contribution is 7.11. The zero-order chi connectivity index (χ0) is 96.2. The second-order valence-electron chi connectivity index (χ2n) is 35.2. The number of hydrogen-bond donors (Lipinski definition) is 0. The van der Waals surface area contributed by atoms with Gasteiger partial charge in [0.2, 0.25) is 29.5 Å². The van der Waals surface area contributed by atoms with Crippen molar-refractivity contribution in [2.24, 2.45) is 0 Å². The van der Waals surface area contributed by atoms with E-state index in [-0.39, 0.29) is 73.1 Å². The van der Waals surface area contributed by atoms with E-state index in [1.807, 2.05) is 202 Å². The van der Waals surface area contributed by atoms with Crippen LogP contribution in [0.15, 0.2) is 291 Å². The molecule has 11 heterocycles. The summed E-state index contributed by atoms with van der Waals surface area (Å²) in [6.45, 7) is 14.6. The summed E-state index contributed by atoms with van der Waals surface area (Å²) in [6.07, 6.45) is 6.94. The van der Waals surface area contributed by atoms with E-state index in [0.717, 1.165) is 149 Å². The first kappa shape index (κ1) is 93.7. The van der Waals surface area contributed by atoms with Crippen LogP contribution in [0, 0.1) is 57.9 Å². The van der Waals surface area contributed by atoms with Gasteiger partial charge in [-0.3, -0.25) is 37.9 Å². The number of aromatic nitrogens is 12. The minimum absolute atomic E-state index is 0.000792. The van der Waals surface area contributed by atoms with Gasteiger partial charge in [0.1, 0.15) is 55.8 Å². The number of thiazole rings is 1. The number of carbonyl (C=O) groups is 4. The molecular formula is C113H104F4N16O5S. The smallest absolute Gasteiger partial charge is 0.244 e. The van der Waals surface area contributed by atoms with Crippen LogP contribution in [-0.4, -0.2) is 155 Å². The molecule has 4 amide bonds. The number of carbonyl (C=O) groups excluding carboxylic acids is 4. The molecule has 0 bridgehead atoms. The number of halogens is 4. The molecule has 139 heavy (non-hydrogen) atoms. The monoisotopic (exact) mass is 1870 g/mol. The molecule has 0 atom stereocenters. The molecule has 26 heteroatoms. The van der Waals surface area contributed by atoms with E-state index in [9.17, 15) is 36.7 Å². The molecule has 21 nitrogen and oxygen atoms in total. The number of pyridine rings is 1. The Morgan fingerprint density at radius 2 is 0.640 bits per heavy atom. The van der Waals surface area contributed by atoms with E-state index in [2.05, 4.69) is 56.3 Å². The van der Waals surface area contributed by atoms with Gasteiger partial charge in [-0.15, -0.1) is 11.3 Å². The van der Waals surface area contributed by atoms with Crippen LogP contribution in [0.25, 0.3) is 101 Å². The number of fused-ring (bicyclic) bond motifs is 4. The standard InChI is InChI=1S/C32H28FN5O.C28H27FN4O2.C28H26FN3O.C25H23FN4OS/c1-22-18-25(12-13-27(22)33)29-19-30(23-8-4-2-5-9-23)38(36-29)20-31(39)37-16-14-26-28(15-17-37)34-21-35-32(26)24-10-6-3-7-11-24;1-19-16-22(8-10-23(19)29)25-17-26(21-6-4-3-5-7-21)33(31-25)18-28(34)32-14-12-20-9-11-27(35-2)30-24(20)13-15-32;1-20-17-24(11-12-25(20)29)26-18-27(23-9-3-2-4-10-23)32(30-26)19-28(33)31-15-13-21-7-5-6-8-22(21)14-16-31;1-16-12-19(8-9-20(16)26)22-13-23(18-6-4-3-5-7-18)30(28-22)15-25(31)29-11-10-21-24(14-29)32-17(2)27-21/h2-13,18-19,21H,14-17,20H2,1H3;3-11,16-17H,12-15,18H2,1-2H3;2-12,17-18H,13-16,19H2,1H3;3-9,12-13H,10-11,14-15H2,1-2H3. The lowest BCUT2D eigenvalue weighted by Gasteiger charge is -2.26. The third kappa shape index (κ3) is 22.1. The fraction of sp³-hybridized carbons (Fsp3) is 0.221. The second-order valence-corrected chi connectivity index (χ2v) is 36.4. The van der Waals surface area contributed by atoms with Crippen molar-refractivity contribution >= 4 is 35.0 Å². The van der Waals surface area contributed by atoms with Crippen LogP contribution < -0.4 is 4.74 Å². The van der Waals surface area contributed by atoms with Gasteiger partial charge in [0.25, 0.3) is 0 Å². The highest BCUT2D eigenvalue weighted by Gasteiger charge is 2.30. The number of methoxy groups -OCH3 is 1. The molecule has 17 aromatic rings. The summed E-state index contributed by atoms with van der Waals surface area (Å²) in [5.74, 6) is -0.288. The average molecular weight is 1870 g/mol. The molecule has 0 spiro atoms. The van der Waals surface area contributed by atoms with E-state index < -0.39 is 0 Å². The van der Waals surface area contributed by atoms with Crippen LogP contribution >= 0.6 is 11.3 Å². The van der Waals surface area contributed by atoms with E-state index in [4.69, 9.17) is 25.1 Å². The Bertz CT molecular complexity index is 7280. The fourth-order valence-electron chi connectivity index (χ4n) is 18.2. The first-order valence-corrected chi connectivity index (χ1v) is 47.6. The normalized spacial score (nSPS) is 13.3. The van der Waals surface area contributed by atoms with Gasteiger partial charge < -0.3 is 24.3 Å². The topological polar surface area (TPSA) is 213 Å². The van der Waals surface area contributed by atoms with E-state index in [0.29, 0.717) is 111 Å². The lowest BCUT2D eigenvalue weighted by molar-refractivity contribution is -0.133. The SMILES string of the molecule is COc1ccc2c(n1)CCN(C(=O)Cn1nc(-c3ccc(F)c(C)c3)cc1-c1ccccc1)CC2.Cc1cc(-c2cc(-c3ccccc3)n(CC(=O)N3CCc4ccccc4CC3)n2)ccc1F.Cc1cc(-c2cc(-c3ccccc3)n(CC(=O)N3CCc4ncnc(-c5ccccc5)c4CC3)n2)ccc1F.Cc1nc2c(s1)CN(C(=O)Cn1nc(-c3ccc(F)c(C)c3)cc1-c1ccccc1)CC2. The summed E-state index contributed by atoms with van der Waals surface area (Å²) in [4.78, 5) is 80.6. The van der Waals surface area contributed by atoms with Crippen molar-refractivity contribution in [2.45, 2.75) is 112 Å². The van der Waals surface area contributed by atoms with Crippen molar-refractivity contribution in [3.8, 4) is 107 Å². The molecule has 700 valence electrons. The number of ether oxygens (including phenoxy) is 1. The van der Waals surface area contributed by atoms with E-state index >= 15 is 0 Å². The fourth-order valence-corrected chi connectivity index (χ4v) is 19.2. The van der Waals surface area contributed by atoms with Crippen molar-refractivity contribution in [1.82, 2.24) is 78.7 Å². The van der Waals surface area contributed by atoms with Gasteiger partial charge in [-0.25, -0.2) is 37.5 Å². The predicted molar refractivity (Wildman–Crippen MR) is 534 cm³/mol. The molecule has 0 radical (unpaired) electrons.